The molecule has 4 heteroatoms. The van der Waals surface area contributed by atoms with Gasteiger partial charge >= 0.3 is 0 Å². The fraction of sp³-hybridized carbons (Fsp3) is 0.222. The Bertz CT molecular complexity index is 301. The van der Waals surface area contributed by atoms with Crippen LogP contribution in [0.3, 0.4) is 0 Å². The Balaban J connectivity index is 2.45. The standard InChI is InChI=1S/C9H12N2OS/c10-9(13)11-6-5-7-3-1-2-4-8(7)12/h1-4,12H,5-6H2,(H3,10,11,13). The summed E-state index contributed by atoms with van der Waals surface area (Å²) in [4.78, 5) is 0. The first kappa shape index (κ1) is 9.80. The first-order chi connectivity index (χ1) is 6.20. The molecule has 0 atom stereocenters. The summed E-state index contributed by atoms with van der Waals surface area (Å²) >= 11 is 4.65. The second-order valence-corrected chi connectivity index (χ2v) is 3.11. The van der Waals surface area contributed by atoms with E-state index in [-0.39, 0.29) is 5.11 Å². The van der Waals surface area contributed by atoms with Crippen molar-refractivity contribution in [3.63, 3.8) is 0 Å². The number of nitrogens with two attached hydrogens (primary N) is 1. The maximum Gasteiger partial charge on any atom is 0.163 e. The number of thiocarbonyl (C=S) groups is 1. The summed E-state index contributed by atoms with van der Waals surface area (Å²) in [6.45, 7) is 0.646. The van der Waals surface area contributed by atoms with Gasteiger partial charge in [0.2, 0.25) is 0 Å². The molecule has 1 rings (SSSR count). The lowest BCUT2D eigenvalue weighted by Crippen LogP contribution is -2.30. The van der Waals surface area contributed by atoms with Crippen molar-refractivity contribution in [2.24, 2.45) is 5.73 Å². The van der Waals surface area contributed by atoms with Crippen molar-refractivity contribution in [1.29, 1.82) is 0 Å². The molecule has 0 aliphatic heterocycles. The van der Waals surface area contributed by atoms with Crippen molar-refractivity contribution in [3.05, 3.63) is 29.8 Å². The molecule has 3 nitrogen and oxygen atoms in total. The van der Waals surface area contributed by atoms with Crippen molar-refractivity contribution >= 4 is 17.3 Å². The number of benzene rings is 1. The SMILES string of the molecule is NC(=S)NCCc1ccccc1O. The summed E-state index contributed by atoms with van der Waals surface area (Å²) in [5.41, 5.74) is 6.15. The molecule has 0 unspecified atom stereocenters. The van der Waals surface area contributed by atoms with E-state index in [1.54, 1.807) is 12.1 Å². The Kier molecular flexibility index (Phi) is 3.52. The summed E-state index contributed by atoms with van der Waals surface area (Å²) in [5.74, 6) is 0.312. The highest BCUT2D eigenvalue weighted by Gasteiger charge is 1.98. The number of nitrogens with one attached hydrogen (secondary N) is 1. The highest BCUT2D eigenvalue weighted by Crippen LogP contribution is 2.15. The van der Waals surface area contributed by atoms with Crippen LogP contribution in [0.2, 0.25) is 0 Å². The third-order valence-electron chi connectivity index (χ3n) is 1.69. The molecule has 0 saturated heterocycles. The van der Waals surface area contributed by atoms with E-state index in [1.807, 2.05) is 12.1 Å². The predicted molar refractivity (Wildman–Crippen MR) is 56.6 cm³/mol. The van der Waals surface area contributed by atoms with Gasteiger partial charge < -0.3 is 16.2 Å². The second-order valence-electron chi connectivity index (χ2n) is 2.67. The Labute approximate surface area is 82.6 Å². The molecule has 0 amide bonds. The molecule has 0 aliphatic rings. The fourth-order valence-corrected chi connectivity index (χ4v) is 1.14. The Morgan fingerprint density at radius 2 is 2.15 bits per heavy atom. The maximum absolute atomic E-state index is 9.38. The lowest BCUT2D eigenvalue weighted by Gasteiger charge is -2.05. The molecular formula is C9H12N2OS. The molecule has 4 N–H and O–H groups in total. The molecule has 70 valence electrons. The summed E-state index contributed by atoms with van der Waals surface area (Å²) in [6.07, 6.45) is 0.712. The van der Waals surface area contributed by atoms with Gasteiger partial charge in [0.1, 0.15) is 5.75 Å². The molecule has 0 radical (unpaired) electrons. The van der Waals surface area contributed by atoms with Crippen LogP contribution >= 0.6 is 12.2 Å². The van der Waals surface area contributed by atoms with Gasteiger partial charge in [0.05, 0.1) is 0 Å². The molecule has 0 fully saturated rings. The number of phenols is 1. The molecular weight excluding hydrogens is 184 g/mol. The van der Waals surface area contributed by atoms with Gasteiger partial charge in [-0.25, -0.2) is 0 Å². The van der Waals surface area contributed by atoms with Crippen molar-refractivity contribution in [2.75, 3.05) is 6.54 Å². The quantitative estimate of drug-likeness (QED) is 0.625. The maximum atomic E-state index is 9.38. The van der Waals surface area contributed by atoms with Crippen LogP contribution in [0.15, 0.2) is 24.3 Å². The summed E-state index contributed by atoms with van der Waals surface area (Å²) < 4.78 is 0. The summed E-state index contributed by atoms with van der Waals surface area (Å²) in [5, 5.41) is 12.5. The molecule has 1 aromatic rings. The van der Waals surface area contributed by atoms with Crippen LogP contribution in [0.25, 0.3) is 0 Å². The first-order valence-electron chi connectivity index (χ1n) is 4.00. The zero-order chi connectivity index (χ0) is 9.68. The monoisotopic (exact) mass is 196 g/mol. The van der Waals surface area contributed by atoms with Crippen LogP contribution in [-0.4, -0.2) is 16.8 Å². The van der Waals surface area contributed by atoms with Crippen molar-refractivity contribution in [3.8, 4) is 5.75 Å². The normalized spacial score (nSPS) is 9.54. The number of rotatable bonds is 3. The van der Waals surface area contributed by atoms with Crippen LogP contribution in [0, 0.1) is 0 Å². The molecule has 1 aromatic carbocycles. The van der Waals surface area contributed by atoms with Gasteiger partial charge in [0.15, 0.2) is 5.11 Å². The van der Waals surface area contributed by atoms with Gasteiger partial charge in [-0.3, -0.25) is 0 Å². The van der Waals surface area contributed by atoms with E-state index in [9.17, 15) is 5.11 Å². The Morgan fingerprint density at radius 1 is 1.46 bits per heavy atom. The lowest BCUT2D eigenvalue weighted by atomic mass is 10.1. The highest BCUT2D eigenvalue weighted by molar-refractivity contribution is 7.80. The van der Waals surface area contributed by atoms with Crippen LogP contribution in [-0.2, 0) is 6.42 Å². The van der Waals surface area contributed by atoms with Crippen molar-refractivity contribution in [1.82, 2.24) is 5.32 Å². The smallest absolute Gasteiger partial charge is 0.163 e. The fourth-order valence-electron chi connectivity index (χ4n) is 1.04. The zero-order valence-electron chi connectivity index (χ0n) is 7.16. The molecule has 0 aliphatic carbocycles. The number of hydrogen-bond donors (Lipinski definition) is 3. The average Bonchev–Trinajstić information content (AvgIpc) is 2.08. The second kappa shape index (κ2) is 4.67. The summed E-state index contributed by atoms with van der Waals surface area (Å²) in [6, 6.07) is 7.21. The Morgan fingerprint density at radius 3 is 2.77 bits per heavy atom. The van der Waals surface area contributed by atoms with Crippen LogP contribution < -0.4 is 11.1 Å². The van der Waals surface area contributed by atoms with Crippen molar-refractivity contribution in [2.45, 2.75) is 6.42 Å². The van der Waals surface area contributed by atoms with Gasteiger partial charge in [0, 0.05) is 6.54 Å². The van der Waals surface area contributed by atoms with Gasteiger partial charge in [-0.05, 0) is 30.3 Å². The minimum Gasteiger partial charge on any atom is -0.508 e. The number of phenolic OH excluding ortho intramolecular Hbond substituents is 1. The third-order valence-corrected chi connectivity index (χ3v) is 1.83. The van der Waals surface area contributed by atoms with E-state index in [2.05, 4.69) is 17.5 Å². The topological polar surface area (TPSA) is 58.3 Å². The van der Waals surface area contributed by atoms with Crippen LogP contribution in [0.4, 0.5) is 0 Å². The van der Waals surface area contributed by atoms with Gasteiger partial charge in [-0.2, -0.15) is 0 Å². The molecule has 13 heavy (non-hydrogen) atoms. The van der Waals surface area contributed by atoms with E-state index in [4.69, 9.17) is 5.73 Å². The van der Waals surface area contributed by atoms with Crippen molar-refractivity contribution < 1.29 is 5.11 Å². The third kappa shape index (κ3) is 3.29. The van der Waals surface area contributed by atoms with E-state index in [0.29, 0.717) is 18.7 Å². The van der Waals surface area contributed by atoms with Crippen LogP contribution in [0.1, 0.15) is 5.56 Å². The van der Waals surface area contributed by atoms with Crippen LogP contribution in [0.5, 0.6) is 5.75 Å². The molecule has 0 spiro atoms. The largest absolute Gasteiger partial charge is 0.508 e. The van der Waals surface area contributed by atoms with Gasteiger partial charge in [-0.15, -0.1) is 0 Å². The molecule has 0 heterocycles. The van der Waals surface area contributed by atoms with E-state index < -0.39 is 0 Å². The Hall–Kier alpha value is -1.29. The molecule has 0 bridgehead atoms. The van der Waals surface area contributed by atoms with Gasteiger partial charge in [0.25, 0.3) is 0 Å². The number of aromatic hydroxyl groups is 1. The highest BCUT2D eigenvalue weighted by atomic mass is 32.1. The average molecular weight is 196 g/mol. The number of hydrogen-bond acceptors (Lipinski definition) is 2. The molecule has 0 aromatic heterocycles. The number of para-hydroxylation sites is 1. The minimum atomic E-state index is 0.287. The summed E-state index contributed by atoms with van der Waals surface area (Å²) in [7, 11) is 0. The van der Waals surface area contributed by atoms with E-state index in [0.717, 1.165) is 5.56 Å². The lowest BCUT2D eigenvalue weighted by molar-refractivity contribution is 0.468. The van der Waals surface area contributed by atoms with E-state index in [1.165, 1.54) is 0 Å². The van der Waals surface area contributed by atoms with E-state index >= 15 is 0 Å². The van der Waals surface area contributed by atoms with Gasteiger partial charge in [-0.1, -0.05) is 18.2 Å². The first-order valence-corrected chi connectivity index (χ1v) is 4.41. The predicted octanol–water partition coefficient (Wildman–Crippen LogP) is 0.768. The zero-order valence-corrected chi connectivity index (χ0v) is 7.97. The minimum absolute atomic E-state index is 0.287. The molecule has 0 saturated carbocycles.